The molecule has 29 heavy (non-hydrogen) atoms. The molecule has 152 valence electrons. The highest BCUT2D eigenvalue weighted by atomic mass is 16.5. The van der Waals surface area contributed by atoms with E-state index in [9.17, 15) is 4.79 Å². The Labute approximate surface area is 173 Å². The predicted octanol–water partition coefficient (Wildman–Crippen LogP) is 5.78. The van der Waals surface area contributed by atoms with Crippen LogP contribution in [0.1, 0.15) is 67.0 Å². The third-order valence-corrected chi connectivity index (χ3v) is 6.96. The lowest BCUT2D eigenvalue weighted by molar-refractivity contribution is -0.0457. The standard InChI is InChI=1S/C25H30N2O2/c28-25(18-10-5-2-6-11-18)26-19-13-14-22-21(16-19)24-20(12-7-15-29-24)23(27-22)17-8-3-1-4-9-17/h2,5-6,10-11,13-14,16-17,20,23-24,27H,1,3-4,7-9,12,15H2,(H,26,28)/t20-,23+,24-/m0/s1. The molecule has 2 aliphatic heterocycles. The second kappa shape index (κ2) is 8.19. The van der Waals surface area contributed by atoms with E-state index in [-0.39, 0.29) is 12.0 Å². The van der Waals surface area contributed by atoms with Crippen LogP contribution in [-0.2, 0) is 4.74 Å². The molecule has 1 amide bonds. The number of hydrogen-bond donors (Lipinski definition) is 2. The van der Waals surface area contributed by atoms with Crippen molar-refractivity contribution in [2.24, 2.45) is 11.8 Å². The number of benzene rings is 2. The van der Waals surface area contributed by atoms with Crippen LogP contribution in [0.25, 0.3) is 0 Å². The molecular weight excluding hydrogens is 360 g/mol. The summed E-state index contributed by atoms with van der Waals surface area (Å²) < 4.78 is 6.32. The second-order valence-electron chi connectivity index (χ2n) is 8.79. The highest BCUT2D eigenvalue weighted by molar-refractivity contribution is 6.04. The van der Waals surface area contributed by atoms with E-state index >= 15 is 0 Å². The first-order valence-corrected chi connectivity index (χ1v) is 11.2. The van der Waals surface area contributed by atoms with Gasteiger partial charge in [-0.2, -0.15) is 0 Å². The number of hydrogen-bond acceptors (Lipinski definition) is 3. The van der Waals surface area contributed by atoms with Crippen LogP contribution in [0.4, 0.5) is 11.4 Å². The molecule has 0 aromatic heterocycles. The van der Waals surface area contributed by atoms with Crippen LogP contribution in [0.15, 0.2) is 48.5 Å². The fourth-order valence-corrected chi connectivity index (χ4v) is 5.54. The summed E-state index contributed by atoms with van der Waals surface area (Å²) >= 11 is 0. The van der Waals surface area contributed by atoms with E-state index in [0.29, 0.717) is 17.5 Å². The van der Waals surface area contributed by atoms with Gasteiger partial charge in [-0.25, -0.2) is 0 Å². The lowest BCUT2D eigenvalue weighted by Crippen LogP contribution is -2.46. The van der Waals surface area contributed by atoms with Crippen LogP contribution in [-0.4, -0.2) is 18.6 Å². The fraction of sp³-hybridized carbons (Fsp3) is 0.480. The summed E-state index contributed by atoms with van der Waals surface area (Å²) in [5, 5.41) is 6.94. The van der Waals surface area contributed by atoms with E-state index in [1.54, 1.807) is 0 Å². The van der Waals surface area contributed by atoms with E-state index in [2.05, 4.69) is 22.8 Å². The van der Waals surface area contributed by atoms with E-state index in [1.165, 1.54) is 49.8 Å². The first-order chi connectivity index (χ1) is 14.3. The maximum absolute atomic E-state index is 12.6. The van der Waals surface area contributed by atoms with Gasteiger partial charge in [-0.3, -0.25) is 4.79 Å². The Bertz CT molecular complexity index is 860. The molecule has 1 saturated heterocycles. The quantitative estimate of drug-likeness (QED) is 0.698. The van der Waals surface area contributed by atoms with Crippen molar-refractivity contribution in [2.75, 3.05) is 17.2 Å². The van der Waals surface area contributed by atoms with Crippen LogP contribution in [0, 0.1) is 11.8 Å². The Morgan fingerprint density at radius 1 is 0.966 bits per heavy atom. The predicted molar refractivity (Wildman–Crippen MR) is 116 cm³/mol. The molecule has 2 aromatic rings. The zero-order chi connectivity index (χ0) is 19.6. The summed E-state index contributed by atoms with van der Waals surface area (Å²) in [5.74, 6) is 1.21. The van der Waals surface area contributed by atoms with Crippen LogP contribution in [0.5, 0.6) is 0 Å². The maximum atomic E-state index is 12.6. The van der Waals surface area contributed by atoms with Crippen molar-refractivity contribution in [3.8, 4) is 0 Å². The minimum Gasteiger partial charge on any atom is -0.381 e. The molecule has 4 heteroatoms. The number of carbonyl (C=O) groups excluding carboxylic acids is 1. The molecule has 2 fully saturated rings. The highest BCUT2D eigenvalue weighted by Gasteiger charge is 2.42. The van der Waals surface area contributed by atoms with Crippen molar-refractivity contribution in [3.63, 3.8) is 0 Å². The van der Waals surface area contributed by atoms with E-state index < -0.39 is 0 Å². The highest BCUT2D eigenvalue weighted by Crippen LogP contribution is 2.48. The summed E-state index contributed by atoms with van der Waals surface area (Å²) in [5.41, 5.74) is 3.89. The topological polar surface area (TPSA) is 50.4 Å². The fourth-order valence-electron chi connectivity index (χ4n) is 5.54. The Hall–Kier alpha value is -2.33. The summed E-state index contributed by atoms with van der Waals surface area (Å²) in [6.45, 7) is 0.832. The Morgan fingerprint density at radius 3 is 2.62 bits per heavy atom. The molecule has 3 aliphatic rings. The molecule has 4 nitrogen and oxygen atoms in total. The SMILES string of the molecule is O=C(Nc1ccc2c(c1)[C@H]1OCCC[C@H]1[C@@H](C1CCCCC1)N2)c1ccccc1. The van der Waals surface area contributed by atoms with E-state index in [4.69, 9.17) is 4.74 Å². The van der Waals surface area contributed by atoms with Gasteiger partial charge in [0.05, 0.1) is 6.10 Å². The third-order valence-electron chi connectivity index (χ3n) is 6.96. The van der Waals surface area contributed by atoms with Gasteiger partial charge in [0, 0.05) is 41.1 Å². The summed E-state index contributed by atoms with van der Waals surface area (Å²) in [4.78, 5) is 12.6. The normalized spacial score (nSPS) is 26.7. The van der Waals surface area contributed by atoms with Crippen molar-refractivity contribution in [1.82, 2.24) is 0 Å². The lowest BCUT2D eigenvalue weighted by atomic mass is 9.71. The van der Waals surface area contributed by atoms with Gasteiger partial charge in [0.1, 0.15) is 0 Å². The largest absolute Gasteiger partial charge is 0.381 e. The number of carbonyl (C=O) groups is 1. The van der Waals surface area contributed by atoms with E-state index in [0.717, 1.165) is 24.6 Å². The monoisotopic (exact) mass is 390 g/mol. The van der Waals surface area contributed by atoms with Crippen LogP contribution in [0.2, 0.25) is 0 Å². The molecule has 3 atom stereocenters. The van der Waals surface area contributed by atoms with Gasteiger partial charge in [0.15, 0.2) is 0 Å². The molecule has 0 unspecified atom stereocenters. The number of rotatable bonds is 3. The van der Waals surface area contributed by atoms with Gasteiger partial charge in [0.2, 0.25) is 0 Å². The molecule has 0 bridgehead atoms. The van der Waals surface area contributed by atoms with Crippen LogP contribution in [0.3, 0.4) is 0 Å². The molecule has 2 heterocycles. The Kier molecular flexibility index (Phi) is 5.28. The van der Waals surface area contributed by atoms with Gasteiger partial charge in [-0.05, 0) is 61.9 Å². The van der Waals surface area contributed by atoms with Gasteiger partial charge >= 0.3 is 0 Å². The molecule has 0 radical (unpaired) electrons. The number of anilines is 2. The van der Waals surface area contributed by atoms with Crippen molar-refractivity contribution in [1.29, 1.82) is 0 Å². The zero-order valence-electron chi connectivity index (χ0n) is 16.9. The van der Waals surface area contributed by atoms with Crippen LogP contribution >= 0.6 is 0 Å². The third kappa shape index (κ3) is 3.78. The lowest BCUT2D eigenvalue weighted by Gasteiger charge is -2.47. The van der Waals surface area contributed by atoms with Crippen molar-refractivity contribution >= 4 is 17.3 Å². The number of nitrogens with one attached hydrogen (secondary N) is 2. The first kappa shape index (κ1) is 18.7. The van der Waals surface area contributed by atoms with Crippen molar-refractivity contribution in [2.45, 2.75) is 57.1 Å². The molecule has 5 rings (SSSR count). The summed E-state index contributed by atoms with van der Waals surface area (Å²) in [6.07, 6.45) is 9.28. The summed E-state index contributed by atoms with van der Waals surface area (Å²) in [7, 11) is 0. The molecule has 1 saturated carbocycles. The van der Waals surface area contributed by atoms with Crippen LogP contribution < -0.4 is 10.6 Å². The van der Waals surface area contributed by atoms with Gasteiger partial charge in [-0.15, -0.1) is 0 Å². The van der Waals surface area contributed by atoms with Crippen molar-refractivity contribution in [3.05, 3.63) is 59.7 Å². The Balaban J connectivity index is 1.40. The number of ether oxygens (including phenoxy) is 1. The number of fused-ring (bicyclic) bond motifs is 3. The molecule has 1 aliphatic carbocycles. The second-order valence-corrected chi connectivity index (χ2v) is 8.79. The smallest absolute Gasteiger partial charge is 0.255 e. The Morgan fingerprint density at radius 2 is 1.79 bits per heavy atom. The first-order valence-electron chi connectivity index (χ1n) is 11.2. The minimum atomic E-state index is -0.0736. The average Bonchev–Trinajstić information content (AvgIpc) is 2.80. The molecular formula is C25H30N2O2. The molecule has 2 aromatic carbocycles. The summed E-state index contributed by atoms with van der Waals surface area (Å²) in [6, 6.07) is 16.1. The number of amides is 1. The molecule has 2 N–H and O–H groups in total. The molecule has 0 spiro atoms. The van der Waals surface area contributed by atoms with Gasteiger partial charge < -0.3 is 15.4 Å². The zero-order valence-corrected chi connectivity index (χ0v) is 16.9. The average molecular weight is 391 g/mol. The minimum absolute atomic E-state index is 0.0736. The van der Waals surface area contributed by atoms with Gasteiger partial charge in [-0.1, -0.05) is 37.5 Å². The van der Waals surface area contributed by atoms with Gasteiger partial charge in [0.25, 0.3) is 5.91 Å². The van der Waals surface area contributed by atoms with E-state index in [1.807, 2.05) is 36.4 Å². The van der Waals surface area contributed by atoms with Crippen molar-refractivity contribution < 1.29 is 9.53 Å². The maximum Gasteiger partial charge on any atom is 0.255 e.